The molecule has 21 heavy (non-hydrogen) atoms. The van der Waals surface area contributed by atoms with Crippen molar-refractivity contribution in [3.05, 3.63) is 41.3 Å². The second-order valence-electron chi connectivity index (χ2n) is 4.49. The van der Waals surface area contributed by atoms with Gasteiger partial charge in [-0.3, -0.25) is 4.79 Å². The lowest BCUT2D eigenvalue weighted by molar-refractivity contribution is 0.0696. The minimum Gasteiger partial charge on any atom is -0.478 e. The minimum absolute atomic E-state index is 0.153. The van der Waals surface area contributed by atoms with Crippen LogP contribution in [-0.2, 0) is 6.42 Å². The standard InChI is InChI=1S/C14H16N4O3/c1-3-4-10-7-9(14(20)21)8-12(16-10)18-6-5-11(17-18)13(19)15-2/h5-8H,3-4H2,1-2H3,(H,15,19)(H,20,21). The van der Waals surface area contributed by atoms with Crippen LogP contribution in [0.15, 0.2) is 24.4 Å². The zero-order valence-electron chi connectivity index (χ0n) is 11.8. The number of carboxylic acids is 1. The molecule has 7 heteroatoms. The highest BCUT2D eigenvalue weighted by Gasteiger charge is 2.12. The molecule has 2 aromatic heterocycles. The molecule has 0 spiro atoms. The molecule has 0 atom stereocenters. The summed E-state index contributed by atoms with van der Waals surface area (Å²) in [5.41, 5.74) is 1.09. The predicted molar refractivity (Wildman–Crippen MR) is 75.7 cm³/mol. The average Bonchev–Trinajstić information content (AvgIpc) is 2.96. The van der Waals surface area contributed by atoms with Crippen molar-refractivity contribution in [3.63, 3.8) is 0 Å². The third kappa shape index (κ3) is 3.25. The van der Waals surface area contributed by atoms with Gasteiger partial charge < -0.3 is 10.4 Å². The van der Waals surface area contributed by atoms with Gasteiger partial charge in [0.25, 0.3) is 5.91 Å². The molecule has 2 N–H and O–H groups in total. The Bertz CT molecular complexity index is 679. The van der Waals surface area contributed by atoms with Crippen molar-refractivity contribution in [3.8, 4) is 5.82 Å². The van der Waals surface area contributed by atoms with E-state index >= 15 is 0 Å². The number of aromatic nitrogens is 3. The van der Waals surface area contributed by atoms with Gasteiger partial charge in [0.05, 0.1) is 5.56 Å². The summed E-state index contributed by atoms with van der Waals surface area (Å²) in [6, 6.07) is 4.54. The molecule has 2 aromatic rings. The van der Waals surface area contributed by atoms with Gasteiger partial charge in [0.15, 0.2) is 11.5 Å². The number of hydrogen-bond acceptors (Lipinski definition) is 4. The molecule has 0 fully saturated rings. The number of carbonyl (C=O) groups is 2. The molecule has 110 valence electrons. The molecular formula is C14H16N4O3. The third-order valence-corrected chi connectivity index (χ3v) is 2.90. The molecule has 2 heterocycles. The first-order valence-electron chi connectivity index (χ1n) is 6.57. The Morgan fingerprint density at radius 1 is 1.38 bits per heavy atom. The lowest BCUT2D eigenvalue weighted by atomic mass is 10.1. The summed E-state index contributed by atoms with van der Waals surface area (Å²) in [5.74, 6) is -0.944. The van der Waals surface area contributed by atoms with Gasteiger partial charge in [-0.15, -0.1) is 0 Å². The van der Waals surface area contributed by atoms with Gasteiger partial charge >= 0.3 is 5.97 Å². The molecule has 2 rings (SSSR count). The van der Waals surface area contributed by atoms with Gasteiger partial charge in [-0.25, -0.2) is 14.5 Å². The summed E-state index contributed by atoms with van der Waals surface area (Å²) < 4.78 is 1.40. The van der Waals surface area contributed by atoms with Crippen molar-refractivity contribution in [2.45, 2.75) is 19.8 Å². The first kappa shape index (κ1) is 14.7. The first-order chi connectivity index (χ1) is 10.0. The molecule has 1 amide bonds. The zero-order chi connectivity index (χ0) is 15.4. The van der Waals surface area contributed by atoms with Crippen LogP contribution >= 0.6 is 0 Å². The number of nitrogens with zero attached hydrogens (tertiary/aromatic N) is 3. The van der Waals surface area contributed by atoms with Crippen molar-refractivity contribution in [1.82, 2.24) is 20.1 Å². The van der Waals surface area contributed by atoms with Gasteiger partial charge in [0.1, 0.15) is 0 Å². The minimum atomic E-state index is -1.02. The molecule has 0 aliphatic carbocycles. The number of nitrogens with one attached hydrogen (secondary N) is 1. The lowest BCUT2D eigenvalue weighted by Gasteiger charge is -2.06. The predicted octanol–water partition coefficient (Wildman–Crippen LogP) is 1.28. The number of rotatable bonds is 5. The van der Waals surface area contributed by atoms with E-state index in [1.165, 1.54) is 17.8 Å². The fraction of sp³-hybridized carbons (Fsp3) is 0.286. The van der Waals surface area contributed by atoms with Crippen molar-refractivity contribution in [2.24, 2.45) is 0 Å². The number of carboxylic acid groups (broad SMARTS) is 1. The van der Waals surface area contributed by atoms with Crippen LogP contribution in [0.5, 0.6) is 0 Å². The SMILES string of the molecule is CCCc1cc(C(=O)O)cc(-n2ccc(C(=O)NC)n2)n1. The number of pyridine rings is 1. The summed E-state index contributed by atoms with van der Waals surface area (Å²) in [4.78, 5) is 27.1. The topological polar surface area (TPSA) is 97.1 Å². The number of hydrogen-bond donors (Lipinski definition) is 2. The normalized spacial score (nSPS) is 10.4. The number of carbonyl (C=O) groups excluding carboxylic acids is 1. The first-order valence-corrected chi connectivity index (χ1v) is 6.57. The van der Waals surface area contributed by atoms with E-state index in [-0.39, 0.29) is 17.2 Å². The molecule has 0 saturated carbocycles. The highest BCUT2D eigenvalue weighted by atomic mass is 16.4. The van der Waals surface area contributed by atoms with Gasteiger partial charge in [-0.1, -0.05) is 13.3 Å². The smallest absolute Gasteiger partial charge is 0.335 e. The highest BCUT2D eigenvalue weighted by molar-refractivity contribution is 5.92. The maximum absolute atomic E-state index is 11.5. The van der Waals surface area contributed by atoms with E-state index in [9.17, 15) is 9.59 Å². The van der Waals surface area contributed by atoms with E-state index in [4.69, 9.17) is 5.11 Å². The molecule has 0 aliphatic rings. The fourth-order valence-corrected chi connectivity index (χ4v) is 1.90. The van der Waals surface area contributed by atoms with Gasteiger partial charge in [0, 0.05) is 18.9 Å². The maximum Gasteiger partial charge on any atom is 0.335 e. The van der Waals surface area contributed by atoms with Crippen LogP contribution in [0, 0.1) is 0 Å². The quantitative estimate of drug-likeness (QED) is 0.863. The Kier molecular flexibility index (Phi) is 4.32. The van der Waals surface area contributed by atoms with Crippen LogP contribution in [0.2, 0.25) is 0 Å². The molecule has 0 bridgehead atoms. The number of amides is 1. The van der Waals surface area contributed by atoms with E-state index in [0.29, 0.717) is 17.9 Å². The van der Waals surface area contributed by atoms with Crippen LogP contribution in [0.3, 0.4) is 0 Å². The largest absolute Gasteiger partial charge is 0.478 e. The van der Waals surface area contributed by atoms with E-state index in [0.717, 1.165) is 6.42 Å². The molecular weight excluding hydrogens is 272 g/mol. The van der Waals surface area contributed by atoms with Crippen LogP contribution in [0.1, 0.15) is 39.9 Å². The van der Waals surface area contributed by atoms with Crippen molar-refractivity contribution >= 4 is 11.9 Å². The average molecular weight is 288 g/mol. The van der Waals surface area contributed by atoms with E-state index < -0.39 is 5.97 Å². The number of aryl methyl sites for hydroxylation is 1. The third-order valence-electron chi connectivity index (χ3n) is 2.90. The Morgan fingerprint density at radius 3 is 2.76 bits per heavy atom. The molecule has 0 aromatic carbocycles. The monoisotopic (exact) mass is 288 g/mol. The van der Waals surface area contributed by atoms with Crippen molar-refractivity contribution in [1.29, 1.82) is 0 Å². The molecule has 7 nitrogen and oxygen atoms in total. The van der Waals surface area contributed by atoms with E-state index in [1.54, 1.807) is 18.3 Å². The fourth-order valence-electron chi connectivity index (χ4n) is 1.90. The Morgan fingerprint density at radius 2 is 2.14 bits per heavy atom. The summed E-state index contributed by atoms with van der Waals surface area (Å²) >= 11 is 0. The van der Waals surface area contributed by atoms with Gasteiger partial charge in [-0.2, -0.15) is 5.10 Å². The maximum atomic E-state index is 11.5. The number of aromatic carboxylic acids is 1. The Balaban J connectivity index is 2.44. The summed E-state index contributed by atoms with van der Waals surface area (Å²) in [5, 5.41) is 15.7. The summed E-state index contributed by atoms with van der Waals surface area (Å²) in [6.45, 7) is 1.99. The van der Waals surface area contributed by atoms with Gasteiger partial charge in [-0.05, 0) is 24.6 Å². The van der Waals surface area contributed by atoms with E-state index in [1.807, 2.05) is 6.92 Å². The highest BCUT2D eigenvalue weighted by Crippen LogP contribution is 2.12. The van der Waals surface area contributed by atoms with E-state index in [2.05, 4.69) is 15.4 Å². The van der Waals surface area contributed by atoms with Crippen LogP contribution in [0.4, 0.5) is 0 Å². The molecule has 0 unspecified atom stereocenters. The Labute approximate surface area is 121 Å². The molecule has 0 saturated heterocycles. The van der Waals surface area contributed by atoms with Gasteiger partial charge in [0.2, 0.25) is 0 Å². The second-order valence-corrected chi connectivity index (χ2v) is 4.49. The zero-order valence-corrected chi connectivity index (χ0v) is 11.8. The Hall–Kier alpha value is -2.70. The second kappa shape index (κ2) is 6.17. The lowest BCUT2D eigenvalue weighted by Crippen LogP contribution is -2.18. The van der Waals surface area contributed by atoms with Crippen LogP contribution in [-0.4, -0.2) is 38.8 Å². The molecule has 0 aliphatic heterocycles. The summed E-state index contributed by atoms with van der Waals surface area (Å²) in [7, 11) is 1.52. The van der Waals surface area contributed by atoms with Crippen molar-refractivity contribution in [2.75, 3.05) is 7.05 Å². The van der Waals surface area contributed by atoms with Crippen LogP contribution < -0.4 is 5.32 Å². The summed E-state index contributed by atoms with van der Waals surface area (Å²) in [6.07, 6.45) is 3.12. The van der Waals surface area contributed by atoms with Crippen molar-refractivity contribution < 1.29 is 14.7 Å². The molecule has 0 radical (unpaired) electrons. The van der Waals surface area contributed by atoms with Crippen LogP contribution in [0.25, 0.3) is 5.82 Å².